The third-order valence-electron chi connectivity index (χ3n) is 3.80. The number of benzene rings is 1. The van der Waals surface area contributed by atoms with Gasteiger partial charge in [-0.25, -0.2) is 4.98 Å². The van der Waals surface area contributed by atoms with E-state index in [1.165, 1.54) is 0 Å². The molecule has 2 heterocycles. The molecule has 5 heteroatoms. The number of aromatic hydroxyl groups is 1. The Bertz CT molecular complexity index is 870. The summed E-state index contributed by atoms with van der Waals surface area (Å²) >= 11 is 0. The second kappa shape index (κ2) is 7.95. The molecule has 116 valence electrons. The molecule has 0 aliphatic heterocycles. The van der Waals surface area contributed by atoms with Crippen LogP contribution in [0.25, 0.3) is 16.7 Å². The van der Waals surface area contributed by atoms with E-state index in [-0.39, 0.29) is 51.9 Å². The van der Waals surface area contributed by atoms with Crippen LogP contribution in [0.3, 0.4) is 0 Å². The number of nitrogens with zero attached hydrogens (tertiary/aromatic N) is 2. The van der Waals surface area contributed by atoms with E-state index in [1.54, 1.807) is 22.9 Å². The summed E-state index contributed by atoms with van der Waals surface area (Å²) in [6, 6.07) is 13.0. The molecule has 0 fully saturated rings. The molecule has 3 rings (SSSR count). The van der Waals surface area contributed by atoms with Crippen LogP contribution >= 0.6 is 0 Å². The van der Waals surface area contributed by atoms with Gasteiger partial charge in [0.25, 0.3) is 5.56 Å². The smallest absolute Gasteiger partial charge is 1.00 e. The Morgan fingerprint density at radius 1 is 1.17 bits per heavy atom. The van der Waals surface area contributed by atoms with E-state index in [2.05, 4.69) is 11.9 Å². The normalized spacial score (nSPS) is 10.5. The average molecular weight is 336 g/mol. The van der Waals surface area contributed by atoms with Gasteiger partial charge in [0.15, 0.2) is 5.65 Å². The third kappa shape index (κ3) is 3.44. The minimum atomic E-state index is -0.191. The summed E-state index contributed by atoms with van der Waals surface area (Å²) in [6.45, 7) is 2.06. The summed E-state index contributed by atoms with van der Waals surface area (Å²) in [6.07, 6.45) is 4.03. The number of pyridine rings is 2. The summed E-state index contributed by atoms with van der Waals surface area (Å²) in [4.78, 5) is 17.2. The van der Waals surface area contributed by atoms with Crippen molar-refractivity contribution in [3.63, 3.8) is 0 Å². The molecule has 0 bridgehead atoms. The van der Waals surface area contributed by atoms with Gasteiger partial charge >= 0.3 is 37.7 Å². The van der Waals surface area contributed by atoms with Crippen LogP contribution in [0.1, 0.15) is 28.2 Å². The van der Waals surface area contributed by atoms with Gasteiger partial charge in [0.05, 0.1) is 16.6 Å². The van der Waals surface area contributed by atoms with E-state index < -0.39 is 0 Å². The van der Waals surface area contributed by atoms with Crippen molar-refractivity contribution in [1.82, 2.24) is 9.55 Å². The quantitative estimate of drug-likeness (QED) is 0.744. The van der Waals surface area contributed by atoms with Crippen molar-refractivity contribution < 1.29 is 7.96 Å². The van der Waals surface area contributed by atoms with Crippen LogP contribution < -0.4 is 5.56 Å². The Morgan fingerprint density at radius 3 is 2.61 bits per heavy atom. The molecule has 1 N–H and O–H groups in total. The molecule has 0 aliphatic rings. The zero-order valence-corrected chi connectivity index (χ0v) is 15.4. The first kappa shape index (κ1) is 18.0. The third-order valence-corrected chi connectivity index (χ3v) is 3.80. The maximum Gasteiger partial charge on any atom is 2.00 e. The minimum Gasteiger partial charge on any atom is -1.00 e. The van der Waals surface area contributed by atoms with E-state index >= 15 is 0 Å². The molecular weight excluding hydrogens is 316 g/mol. The molecule has 0 saturated carbocycles. The van der Waals surface area contributed by atoms with Crippen molar-refractivity contribution in [3.8, 4) is 11.4 Å². The molecular formula is C18H20CaN2O2. The summed E-state index contributed by atoms with van der Waals surface area (Å²) < 4.78 is 1.58. The maximum absolute atomic E-state index is 12.9. The van der Waals surface area contributed by atoms with Gasteiger partial charge in [-0.2, -0.15) is 0 Å². The molecule has 3 aromatic rings. The maximum atomic E-state index is 12.9. The fourth-order valence-corrected chi connectivity index (χ4v) is 2.65. The van der Waals surface area contributed by atoms with E-state index in [0.29, 0.717) is 23.0 Å². The van der Waals surface area contributed by atoms with Gasteiger partial charge < -0.3 is 7.96 Å². The first-order chi connectivity index (χ1) is 10.7. The van der Waals surface area contributed by atoms with Crippen molar-refractivity contribution in [1.29, 1.82) is 0 Å². The topological polar surface area (TPSA) is 55.1 Å². The molecule has 0 saturated heterocycles. The summed E-state index contributed by atoms with van der Waals surface area (Å²) in [5.74, 6) is 0.0636. The monoisotopic (exact) mass is 336 g/mol. The van der Waals surface area contributed by atoms with Crippen molar-refractivity contribution in [3.05, 3.63) is 64.6 Å². The van der Waals surface area contributed by atoms with Gasteiger partial charge in [-0.05, 0) is 37.1 Å². The van der Waals surface area contributed by atoms with Crippen molar-refractivity contribution >= 4 is 48.8 Å². The molecule has 0 unspecified atom stereocenters. The standard InChI is InChI=1S/C18H18N2O2.Ca.2H/c1-2-3-10-15-16(21)14-11-7-12-19-17(14)20(18(15)22)13-8-5-4-6-9-13;;;/h4-9,11-12,21H,2-3,10H2,1H3;;;/q;+2;2*-1. The molecule has 0 aliphatic carbocycles. The first-order valence-electron chi connectivity index (χ1n) is 7.51. The number of hydrogen-bond donors (Lipinski definition) is 1. The molecule has 1 aromatic carbocycles. The van der Waals surface area contributed by atoms with Gasteiger partial charge in [0.2, 0.25) is 0 Å². The fraction of sp³-hybridized carbons (Fsp3) is 0.222. The molecule has 0 atom stereocenters. The van der Waals surface area contributed by atoms with Crippen LogP contribution in [0.5, 0.6) is 5.75 Å². The van der Waals surface area contributed by atoms with Crippen molar-refractivity contribution in [2.75, 3.05) is 0 Å². The molecule has 23 heavy (non-hydrogen) atoms. The van der Waals surface area contributed by atoms with E-state index in [0.717, 1.165) is 18.5 Å². The van der Waals surface area contributed by atoms with Crippen LogP contribution in [-0.2, 0) is 6.42 Å². The Labute approximate surface area is 167 Å². The first-order valence-corrected chi connectivity index (χ1v) is 7.51. The number of para-hydroxylation sites is 1. The number of fused-ring (bicyclic) bond motifs is 1. The molecule has 4 nitrogen and oxygen atoms in total. The van der Waals surface area contributed by atoms with Crippen LogP contribution in [0.15, 0.2) is 53.5 Å². The number of aromatic nitrogens is 2. The van der Waals surface area contributed by atoms with Crippen LogP contribution in [-0.4, -0.2) is 52.4 Å². The fourth-order valence-electron chi connectivity index (χ4n) is 2.65. The predicted molar refractivity (Wildman–Crippen MR) is 95.6 cm³/mol. The summed E-state index contributed by atoms with van der Waals surface area (Å²) in [7, 11) is 0. The summed E-state index contributed by atoms with van der Waals surface area (Å²) in [5, 5.41) is 11.1. The zero-order chi connectivity index (χ0) is 15.5. The number of unbranched alkanes of at least 4 members (excludes halogenated alkanes) is 1. The van der Waals surface area contributed by atoms with E-state index in [1.807, 2.05) is 30.3 Å². The molecule has 2 aromatic heterocycles. The SMILES string of the molecule is CCCCc1c(O)c2cccnc2n(-c2ccccc2)c1=O.[Ca+2].[H-].[H-]. The van der Waals surface area contributed by atoms with Crippen LogP contribution in [0.4, 0.5) is 0 Å². The van der Waals surface area contributed by atoms with Crippen molar-refractivity contribution in [2.24, 2.45) is 0 Å². The van der Waals surface area contributed by atoms with Crippen molar-refractivity contribution in [2.45, 2.75) is 26.2 Å². The molecule has 0 amide bonds. The Hall–Kier alpha value is -1.36. The van der Waals surface area contributed by atoms with Crippen LogP contribution in [0.2, 0.25) is 0 Å². The average Bonchev–Trinajstić information content (AvgIpc) is 2.56. The van der Waals surface area contributed by atoms with Gasteiger partial charge in [0.1, 0.15) is 5.75 Å². The number of hydrogen-bond acceptors (Lipinski definition) is 3. The Morgan fingerprint density at radius 2 is 1.91 bits per heavy atom. The second-order valence-electron chi connectivity index (χ2n) is 5.28. The Kier molecular flexibility index (Phi) is 6.22. The zero-order valence-electron chi connectivity index (χ0n) is 15.2. The van der Waals surface area contributed by atoms with E-state index in [4.69, 9.17) is 0 Å². The van der Waals surface area contributed by atoms with Gasteiger partial charge in [-0.3, -0.25) is 9.36 Å². The largest absolute Gasteiger partial charge is 2.00 e. The van der Waals surface area contributed by atoms with Gasteiger partial charge in [0, 0.05) is 6.20 Å². The van der Waals surface area contributed by atoms with E-state index in [9.17, 15) is 9.90 Å². The Balaban J connectivity index is 0.00000192. The summed E-state index contributed by atoms with van der Waals surface area (Å²) in [5.41, 5.74) is 1.51. The van der Waals surface area contributed by atoms with Gasteiger partial charge in [-0.1, -0.05) is 31.5 Å². The second-order valence-corrected chi connectivity index (χ2v) is 5.28. The number of rotatable bonds is 4. The molecule has 0 spiro atoms. The predicted octanol–water partition coefficient (Wildman–Crippen LogP) is 3.28. The van der Waals surface area contributed by atoms with Gasteiger partial charge in [-0.15, -0.1) is 0 Å². The molecule has 0 radical (unpaired) electrons. The minimum absolute atomic E-state index is 0. The van der Waals surface area contributed by atoms with Crippen LogP contribution in [0, 0.1) is 0 Å².